The summed E-state index contributed by atoms with van der Waals surface area (Å²) in [7, 11) is 3.38. The van der Waals surface area contributed by atoms with Gasteiger partial charge >= 0.3 is 6.03 Å². The molecule has 1 heterocycles. The Morgan fingerprint density at radius 1 is 1.38 bits per heavy atom. The minimum atomic E-state index is -0.174. The number of nitrogens with zero attached hydrogens (tertiary/aromatic N) is 1. The summed E-state index contributed by atoms with van der Waals surface area (Å²) >= 11 is 1.88. The highest BCUT2D eigenvalue weighted by atomic mass is 35.5. The molecule has 0 aromatic heterocycles. The maximum Gasteiger partial charge on any atom is 0.321 e. The fourth-order valence-corrected chi connectivity index (χ4v) is 3.19. The van der Waals surface area contributed by atoms with E-state index in [2.05, 4.69) is 16.0 Å². The zero-order chi connectivity index (χ0) is 16.7. The molecule has 3 amide bonds. The average molecular weight is 373 g/mol. The van der Waals surface area contributed by atoms with Crippen LogP contribution in [-0.2, 0) is 11.3 Å². The van der Waals surface area contributed by atoms with Gasteiger partial charge in [-0.15, -0.1) is 12.4 Å². The zero-order valence-corrected chi connectivity index (χ0v) is 15.6. The Kier molecular flexibility index (Phi) is 8.95. The van der Waals surface area contributed by atoms with Crippen molar-refractivity contribution in [3.05, 3.63) is 29.8 Å². The van der Waals surface area contributed by atoms with E-state index in [0.717, 1.165) is 29.3 Å². The van der Waals surface area contributed by atoms with Crippen LogP contribution in [0.25, 0.3) is 0 Å². The predicted octanol–water partition coefficient (Wildman–Crippen LogP) is 1.91. The third kappa shape index (κ3) is 6.98. The normalized spacial score (nSPS) is 16.7. The number of carbonyl (C=O) groups excluding carboxylic acids is 2. The number of benzene rings is 1. The van der Waals surface area contributed by atoms with Crippen molar-refractivity contribution in [3.8, 4) is 0 Å². The van der Waals surface area contributed by atoms with E-state index in [1.54, 1.807) is 14.1 Å². The van der Waals surface area contributed by atoms with E-state index in [0.29, 0.717) is 13.0 Å². The van der Waals surface area contributed by atoms with Crippen LogP contribution in [0.2, 0.25) is 0 Å². The molecule has 1 aliphatic heterocycles. The first-order valence-corrected chi connectivity index (χ1v) is 8.85. The molecule has 134 valence electrons. The molecule has 0 aliphatic carbocycles. The van der Waals surface area contributed by atoms with E-state index in [1.807, 2.05) is 36.0 Å². The summed E-state index contributed by atoms with van der Waals surface area (Å²) in [5, 5.41) is 9.09. The van der Waals surface area contributed by atoms with Gasteiger partial charge in [-0.05, 0) is 17.7 Å². The Morgan fingerprint density at radius 3 is 2.83 bits per heavy atom. The Labute approximate surface area is 153 Å². The fraction of sp³-hybridized carbons (Fsp3) is 0.500. The van der Waals surface area contributed by atoms with Crippen LogP contribution in [0.3, 0.4) is 0 Å². The SMILES string of the molecule is CN(C)C(=O)Nc1cccc(CNC(=O)CC2CSCCN2)c1.Cl. The van der Waals surface area contributed by atoms with Gasteiger partial charge in [0.2, 0.25) is 5.91 Å². The molecule has 1 aliphatic rings. The van der Waals surface area contributed by atoms with E-state index in [9.17, 15) is 9.59 Å². The van der Waals surface area contributed by atoms with Gasteiger partial charge in [-0.2, -0.15) is 11.8 Å². The standard InChI is InChI=1S/C16H24N4O2S.ClH/c1-20(2)16(22)19-13-5-3-4-12(8-13)10-18-15(21)9-14-11-23-7-6-17-14;/h3-5,8,14,17H,6-7,9-11H2,1-2H3,(H,18,21)(H,19,22);1H. The number of urea groups is 1. The second-order valence-electron chi connectivity index (χ2n) is 5.73. The van der Waals surface area contributed by atoms with Gasteiger partial charge in [0.1, 0.15) is 0 Å². The van der Waals surface area contributed by atoms with Gasteiger partial charge in [0.15, 0.2) is 0 Å². The summed E-state index contributed by atoms with van der Waals surface area (Å²) in [5.41, 5.74) is 1.68. The van der Waals surface area contributed by atoms with Gasteiger partial charge in [-0.1, -0.05) is 12.1 Å². The van der Waals surface area contributed by atoms with Crippen molar-refractivity contribution < 1.29 is 9.59 Å². The molecule has 1 aromatic carbocycles. The lowest BCUT2D eigenvalue weighted by Crippen LogP contribution is -2.41. The Morgan fingerprint density at radius 2 is 2.17 bits per heavy atom. The summed E-state index contributed by atoms with van der Waals surface area (Å²) in [4.78, 5) is 25.1. The van der Waals surface area contributed by atoms with Crippen molar-refractivity contribution >= 4 is 41.8 Å². The van der Waals surface area contributed by atoms with Gasteiger partial charge in [-0.25, -0.2) is 4.79 Å². The molecule has 0 saturated carbocycles. The van der Waals surface area contributed by atoms with Crippen LogP contribution in [0, 0.1) is 0 Å². The summed E-state index contributed by atoms with van der Waals surface area (Å²) in [6.07, 6.45) is 0.504. The number of amides is 3. The molecular weight excluding hydrogens is 348 g/mol. The minimum Gasteiger partial charge on any atom is -0.352 e. The third-order valence-corrected chi connectivity index (χ3v) is 4.64. The highest BCUT2D eigenvalue weighted by Gasteiger charge is 2.16. The summed E-state index contributed by atoms with van der Waals surface area (Å²) in [5.74, 6) is 2.15. The summed E-state index contributed by atoms with van der Waals surface area (Å²) < 4.78 is 0. The van der Waals surface area contributed by atoms with Gasteiger partial charge in [0.05, 0.1) is 0 Å². The summed E-state index contributed by atoms with van der Waals surface area (Å²) in [6.45, 7) is 1.43. The minimum absolute atomic E-state index is 0. The first kappa shape index (κ1) is 20.6. The smallest absolute Gasteiger partial charge is 0.321 e. The number of hydrogen-bond acceptors (Lipinski definition) is 4. The average Bonchev–Trinajstić information content (AvgIpc) is 2.54. The number of thioether (sulfide) groups is 1. The van der Waals surface area contributed by atoms with Crippen molar-refractivity contribution in [1.82, 2.24) is 15.5 Å². The van der Waals surface area contributed by atoms with Crippen molar-refractivity contribution in [2.75, 3.05) is 37.5 Å². The maximum absolute atomic E-state index is 12.0. The molecule has 3 N–H and O–H groups in total. The molecule has 6 nitrogen and oxygen atoms in total. The largest absolute Gasteiger partial charge is 0.352 e. The number of anilines is 1. The number of carbonyl (C=O) groups is 2. The predicted molar refractivity (Wildman–Crippen MR) is 102 cm³/mol. The van der Waals surface area contributed by atoms with Gasteiger partial charge in [0.25, 0.3) is 0 Å². The monoisotopic (exact) mass is 372 g/mol. The van der Waals surface area contributed by atoms with Crippen molar-refractivity contribution in [2.24, 2.45) is 0 Å². The lowest BCUT2D eigenvalue weighted by Gasteiger charge is -2.22. The number of rotatable bonds is 5. The van der Waals surface area contributed by atoms with Crippen LogP contribution in [0.5, 0.6) is 0 Å². The molecule has 24 heavy (non-hydrogen) atoms. The van der Waals surface area contributed by atoms with E-state index >= 15 is 0 Å². The van der Waals surface area contributed by atoms with Gasteiger partial charge in [-0.3, -0.25) is 4.79 Å². The van der Waals surface area contributed by atoms with Crippen LogP contribution in [0.15, 0.2) is 24.3 Å². The Bertz CT molecular complexity index is 551. The Hall–Kier alpha value is -1.44. The highest BCUT2D eigenvalue weighted by molar-refractivity contribution is 7.99. The highest BCUT2D eigenvalue weighted by Crippen LogP contribution is 2.12. The number of nitrogens with one attached hydrogen (secondary N) is 3. The molecule has 1 saturated heterocycles. The Balaban J connectivity index is 0.00000288. The molecule has 1 atom stereocenters. The molecule has 0 radical (unpaired) electrons. The molecule has 1 aromatic rings. The first-order valence-electron chi connectivity index (χ1n) is 7.69. The van der Waals surface area contributed by atoms with Crippen molar-refractivity contribution in [1.29, 1.82) is 0 Å². The van der Waals surface area contributed by atoms with E-state index in [4.69, 9.17) is 0 Å². The lowest BCUT2D eigenvalue weighted by atomic mass is 10.2. The van der Waals surface area contributed by atoms with Crippen LogP contribution < -0.4 is 16.0 Å². The third-order valence-electron chi connectivity index (χ3n) is 3.50. The second-order valence-corrected chi connectivity index (χ2v) is 6.88. The van der Waals surface area contributed by atoms with E-state index in [-0.39, 0.29) is 30.4 Å². The van der Waals surface area contributed by atoms with E-state index < -0.39 is 0 Å². The zero-order valence-electron chi connectivity index (χ0n) is 14.0. The van der Waals surface area contributed by atoms with Gasteiger partial charge in [0, 0.05) is 56.8 Å². The molecule has 8 heteroatoms. The van der Waals surface area contributed by atoms with Crippen LogP contribution in [0.1, 0.15) is 12.0 Å². The van der Waals surface area contributed by atoms with Crippen LogP contribution >= 0.6 is 24.2 Å². The molecule has 1 fully saturated rings. The topological polar surface area (TPSA) is 73.5 Å². The molecular formula is C16H25ClN4O2S. The van der Waals surface area contributed by atoms with E-state index in [1.165, 1.54) is 4.90 Å². The fourth-order valence-electron chi connectivity index (χ4n) is 2.24. The molecule has 1 unspecified atom stereocenters. The molecule has 0 bridgehead atoms. The molecule has 2 rings (SSSR count). The summed E-state index contributed by atoms with van der Waals surface area (Å²) in [6, 6.07) is 7.59. The van der Waals surface area contributed by atoms with Crippen LogP contribution in [0.4, 0.5) is 10.5 Å². The quantitative estimate of drug-likeness (QED) is 0.738. The van der Waals surface area contributed by atoms with Crippen LogP contribution in [-0.4, -0.2) is 55.0 Å². The van der Waals surface area contributed by atoms with Gasteiger partial charge < -0.3 is 20.9 Å². The second kappa shape index (κ2) is 10.4. The molecule has 0 spiro atoms. The first-order chi connectivity index (χ1) is 11.0. The maximum atomic E-state index is 12.0. The van der Waals surface area contributed by atoms with Crippen molar-refractivity contribution in [2.45, 2.75) is 19.0 Å². The lowest BCUT2D eigenvalue weighted by molar-refractivity contribution is -0.121. The number of hydrogen-bond donors (Lipinski definition) is 3. The number of halogens is 1. The van der Waals surface area contributed by atoms with Crippen molar-refractivity contribution in [3.63, 3.8) is 0 Å².